The van der Waals surface area contributed by atoms with E-state index < -0.39 is 22.5 Å². The Morgan fingerprint density at radius 3 is 2.82 bits per heavy atom. The fourth-order valence-electron chi connectivity index (χ4n) is 3.18. The first kappa shape index (κ1) is 24.3. The fraction of sp³-hybridized carbons (Fsp3) is 0.174. The lowest BCUT2D eigenvalue weighted by Crippen LogP contribution is -2.23. The fourth-order valence-corrected chi connectivity index (χ4v) is 4.26. The zero-order valence-electron chi connectivity index (χ0n) is 18.1. The number of hydrogen-bond donors (Lipinski definition) is 2. The molecule has 0 aliphatic carbocycles. The molecule has 0 aliphatic heterocycles. The first-order valence-electron chi connectivity index (χ1n) is 9.80. The van der Waals surface area contributed by atoms with E-state index in [1.54, 1.807) is 30.3 Å². The third-order valence-corrected chi connectivity index (χ3v) is 6.20. The number of carbonyl (C=O) groups excluding carboxylic acids is 1. The summed E-state index contributed by atoms with van der Waals surface area (Å²) in [7, 11) is -1.62. The molecule has 0 saturated heterocycles. The van der Waals surface area contributed by atoms with Gasteiger partial charge in [0.25, 0.3) is 5.23 Å². The first-order valence-corrected chi connectivity index (χ1v) is 12.3. The topological polar surface area (TPSA) is 124 Å². The maximum atomic E-state index is 12.8. The van der Waals surface area contributed by atoms with Crippen molar-refractivity contribution in [2.24, 2.45) is 10.7 Å². The van der Waals surface area contributed by atoms with Gasteiger partial charge < -0.3 is 19.6 Å². The van der Waals surface area contributed by atoms with Crippen LogP contribution in [0.2, 0.25) is 0 Å². The molecule has 0 fully saturated rings. The molecule has 172 valence electrons. The van der Waals surface area contributed by atoms with Crippen LogP contribution in [0.25, 0.3) is 11.0 Å². The number of ether oxygens (including phenoxy) is 1. The molecule has 3 aromatic rings. The molecule has 1 atom stereocenters. The van der Waals surface area contributed by atoms with Crippen molar-refractivity contribution in [1.29, 1.82) is 0 Å². The van der Waals surface area contributed by atoms with Crippen LogP contribution in [0.4, 0.5) is 5.69 Å². The lowest BCUT2D eigenvalue weighted by molar-refractivity contribution is -0.115. The number of amides is 1. The Bertz CT molecular complexity index is 1320. The van der Waals surface area contributed by atoms with E-state index >= 15 is 0 Å². The third kappa shape index (κ3) is 6.33. The molecule has 8 nitrogen and oxygen atoms in total. The maximum absolute atomic E-state index is 12.8. The number of fused-ring (bicyclic) bond motifs is 1. The Morgan fingerprint density at radius 1 is 1.33 bits per heavy atom. The number of nitrogens with zero attached hydrogens (tertiary/aromatic N) is 1. The summed E-state index contributed by atoms with van der Waals surface area (Å²) in [5.74, 6) is -0.454. The van der Waals surface area contributed by atoms with Crippen molar-refractivity contribution in [2.75, 3.05) is 16.7 Å². The van der Waals surface area contributed by atoms with Crippen LogP contribution in [0, 0.1) is 6.92 Å². The maximum Gasteiger partial charge on any atom is 0.340 e. The highest BCUT2D eigenvalue weighted by Gasteiger charge is 2.14. The zero-order chi connectivity index (χ0) is 24.0. The van der Waals surface area contributed by atoms with Crippen LogP contribution < -0.4 is 20.8 Å². The average Bonchev–Trinajstić information content (AvgIpc) is 2.75. The van der Waals surface area contributed by atoms with E-state index in [0.29, 0.717) is 34.2 Å². The van der Waals surface area contributed by atoms with Crippen molar-refractivity contribution < 1.29 is 18.2 Å². The van der Waals surface area contributed by atoms with E-state index in [1.165, 1.54) is 18.0 Å². The SMILES string of the molecule is C=CN=C(Oc1ccc2c(C)c(Cc3cccc(NS(=O)CC(N)=O)c3)c(=O)oc2c1)SC. The normalized spacial score (nSPS) is 12.4. The van der Waals surface area contributed by atoms with E-state index in [0.717, 1.165) is 16.5 Å². The lowest BCUT2D eigenvalue weighted by Gasteiger charge is -2.11. The monoisotopic (exact) mass is 485 g/mol. The first-order chi connectivity index (χ1) is 15.8. The van der Waals surface area contributed by atoms with Crippen molar-refractivity contribution in [1.82, 2.24) is 0 Å². The Kier molecular flexibility index (Phi) is 8.07. The molecule has 33 heavy (non-hydrogen) atoms. The minimum absolute atomic E-state index is 0.290. The molecule has 0 bridgehead atoms. The average molecular weight is 486 g/mol. The van der Waals surface area contributed by atoms with Crippen molar-refractivity contribution in [3.63, 3.8) is 0 Å². The number of rotatable bonds is 8. The van der Waals surface area contributed by atoms with Gasteiger partial charge in [-0.05, 0) is 48.6 Å². The van der Waals surface area contributed by atoms with Gasteiger partial charge in [-0.15, -0.1) is 0 Å². The van der Waals surface area contributed by atoms with Crippen molar-refractivity contribution in [2.45, 2.75) is 13.3 Å². The summed E-state index contributed by atoms with van der Waals surface area (Å²) in [5.41, 5.74) is 7.73. The highest BCUT2D eigenvalue weighted by Crippen LogP contribution is 2.26. The van der Waals surface area contributed by atoms with E-state index in [1.807, 2.05) is 25.3 Å². The third-order valence-electron chi connectivity index (χ3n) is 4.65. The summed E-state index contributed by atoms with van der Waals surface area (Å²) in [6, 6.07) is 12.4. The molecule has 3 N–H and O–H groups in total. The summed E-state index contributed by atoms with van der Waals surface area (Å²) in [6.07, 6.45) is 3.55. The predicted molar refractivity (Wildman–Crippen MR) is 134 cm³/mol. The molecule has 0 saturated carbocycles. The van der Waals surface area contributed by atoms with Gasteiger partial charge in [-0.2, -0.15) is 0 Å². The summed E-state index contributed by atoms with van der Waals surface area (Å²) < 4.78 is 25.9. The Hall–Kier alpha value is -3.37. The number of nitrogens with one attached hydrogen (secondary N) is 1. The second kappa shape index (κ2) is 11.0. The number of hydrogen-bond acceptors (Lipinski definition) is 7. The molecular formula is C23H23N3O5S2. The highest BCUT2D eigenvalue weighted by atomic mass is 32.2. The number of aryl methyl sites for hydroxylation is 1. The standard InChI is InChI=1S/C23H23N3O5S2/c1-4-25-23(32-3)30-17-8-9-18-14(2)19(22(28)31-20(18)12-17)11-15-6-5-7-16(10-15)26-33(29)13-21(24)27/h4-10,12,26H,1,11,13H2,2-3H3,(H2,24,27). The summed E-state index contributed by atoms with van der Waals surface area (Å²) in [4.78, 5) is 27.7. The molecule has 10 heteroatoms. The van der Waals surface area contributed by atoms with E-state index in [2.05, 4.69) is 16.3 Å². The molecule has 1 heterocycles. The summed E-state index contributed by atoms with van der Waals surface area (Å²) in [6.45, 7) is 5.43. The number of primary amides is 1. The molecule has 1 aromatic heterocycles. The van der Waals surface area contributed by atoms with Crippen LogP contribution in [-0.2, 0) is 22.2 Å². The molecule has 0 aliphatic rings. The van der Waals surface area contributed by atoms with Crippen molar-refractivity contribution in [3.05, 3.63) is 82.4 Å². The number of aliphatic imine (C=N–C) groups is 1. The van der Waals surface area contributed by atoms with Gasteiger partial charge in [-0.3, -0.25) is 4.79 Å². The van der Waals surface area contributed by atoms with Crippen molar-refractivity contribution in [3.8, 4) is 5.75 Å². The molecule has 0 radical (unpaired) electrons. The molecule has 1 unspecified atom stereocenters. The lowest BCUT2D eigenvalue weighted by atomic mass is 9.99. The second-order valence-corrected chi connectivity index (χ2v) is 8.91. The minimum Gasteiger partial charge on any atom is -0.434 e. The molecule has 0 spiro atoms. The number of thioether (sulfide) groups is 1. The largest absolute Gasteiger partial charge is 0.434 e. The van der Waals surface area contributed by atoms with E-state index in [9.17, 15) is 13.8 Å². The second-order valence-electron chi connectivity index (χ2n) is 6.97. The van der Waals surface area contributed by atoms with Crippen LogP contribution in [0.1, 0.15) is 16.7 Å². The van der Waals surface area contributed by atoms with Crippen LogP contribution >= 0.6 is 11.8 Å². The van der Waals surface area contributed by atoms with Crippen LogP contribution in [0.3, 0.4) is 0 Å². The van der Waals surface area contributed by atoms with Gasteiger partial charge >= 0.3 is 5.63 Å². The Morgan fingerprint density at radius 2 is 2.12 bits per heavy atom. The molecule has 3 rings (SSSR count). The zero-order valence-corrected chi connectivity index (χ0v) is 19.8. The minimum atomic E-state index is -1.62. The summed E-state index contributed by atoms with van der Waals surface area (Å²) in [5, 5.41) is 1.21. The van der Waals surface area contributed by atoms with Gasteiger partial charge in [0, 0.05) is 35.3 Å². The van der Waals surface area contributed by atoms with Gasteiger partial charge in [-0.25, -0.2) is 14.0 Å². The van der Waals surface area contributed by atoms with Gasteiger partial charge in [0.15, 0.2) is 0 Å². The van der Waals surface area contributed by atoms with Gasteiger partial charge in [-0.1, -0.05) is 30.5 Å². The molecule has 2 aromatic carbocycles. The predicted octanol–water partition coefficient (Wildman–Crippen LogP) is 3.49. The quantitative estimate of drug-likeness (QED) is 0.286. The van der Waals surface area contributed by atoms with Crippen LogP contribution in [-0.4, -0.2) is 27.4 Å². The number of carbonyl (C=O) groups is 1. The Labute approximate surface area is 197 Å². The Balaban J connectivity index is 1.88. The summed E-state index contributed by atoms with van der Waals surface area (Å²) >= 11 is 1.33. The van der Waals surface area contributed by atoms with E-state index in [4.69, 9.17) is 14.9 Å². The van der Waals surface area contributed by atoms with Gasteiger partial charge in [0.1, 0.15) is 28.1 Å². The molecular weight excluding hydrogens is 462 g/mol. The molecule has 1 amide bonds. The van der Waals surface area contributed by atoms with Gasteiger partial charge in [0.05, 0.1) is 0 Å². The smallest absolute Gasteiger partial charge is 0.340 e. The highest BCUT2D eigenvalue weighted by molar-refractivity contribution is 8.13. The van der Waals surface area contributed by atoms with Crippen LogP contribution in [0.15, 0.2) is 69.4 Å². The van der Waals surface area contributed by atoms with E-state index in [-0.39, 0.29) is 5.75 Å². The van der Waals surface area contributed by atoms with Crippen molar-refractivity contribution >= 4 is 50.5 Å². The van der Waals surface area contributed by atoms with Crippen LogP contribution in [0.5, 0.6) is 5.75 Å². The number of benzene rings is 2. The number of nitrogens with two attached hydrogens (primary N) is 1. The van der Waals surface area contributed by atoms with Gasteiger partial charge in [0.2, 0.25) is 5.91 Å². The number of anilines is 1.